The second-order valence-corrected chi connectivity index (χ2v) is 11.2. The fraction of sp³-hybridized carbons (Fsp3) is 0.280. The van der Waals surface area contributed by atoms with Gasteiger partial charge < -0.3 is 5.32 Å². The van der Waals surface area contributed by atoms with E-state index in [1.807, 2.05) is 0 Å². The summed E-state index contributed by atoms with van der Waals surface area (Å²) in [5, 5.41) is 2.25. The number of hydrogen-bond donors (Lipinski definition) is 1. The lowest BCUT2D eigenvalue weighted by molar-refractivity contribution is 0.0951. The molecule has 37 heavy (non-hydrogen) atoms. The number of amides is 1. The van der Waals surface area contributed by atoms with E-state index < -0.39 is 38.0 Å². The zero-order valence-electron chi connectivity index (χ0n) is 19.6. The number of carbonyl (C=O) groups excluding carboxylic acids is 1. The Morgan fingerprint density at radius 1 is 1.08 bits per heavy atom. The van der Waals surface area contributed by atoms with E-state index in [9.17, 15) is 26.8 Å². The number of imidazole rings is 1. The molecule has 9 nitrogen and oxygen atoms in total. The number of halogens is 2. The SMILES string of the molecule is Cc1ccc(C(=O)NC2CC2)cc1S(=O)(=O)c1ncc2c(n1)n(C1CC1)c(=O)n2-c1c(F)cccc1F. The van der Waals surface area contributed by atoms with E-state index in [2.05, 4.69) is 15.3 Å². The van der Waals surface area contributed by atoms with Crippen molar-refractivity contribution in [3.8, 4) is 5.69 Å². The molecule has 2 aromatic carbocycles. The molecule has 6 rings (SSSR count). The van der Waals surface area contributed by atoms with Gasteiger partial charge in [-0.05, 0) is 62.4 Å². The first-order chi connectivity index (χ1) is 17.7. The highest BCUT2D eigenvalue weighted by molar-refractivity contribution is 7.91. The maximum absolute atomic E-state index is 14.6. The van der Waals surface area contributed by atoms with Crippen LogP contribution in [0.3, 0.4) is 0 Å². The van der Waals surface area contributed by atoms with Crippen molar-refractivity contribution in [3.05, 3.63) is 75.8 Å². The van der Waals surface area contributed by atoms with Crippen LogP contribution in [-0.2, 0) is 9.84 Å². The van der Waals surface area contributed by atoms with E-state index in [1.54, 1.807) is 13.0 Å². The van der Waals surface area contributed by atoms with E-state index in [0.29, 0.717) is 18.4 Å². The molecule has 190 valence electrons. The van der Waals surface area contributed by atoms with Gasteiger partial charge in [0.05, 0.1) is 11.1 Å². The van der Waals surface area contributed by atoms with Crippen LogP contribution in [0.5, 0.6) is 0 Å². The Morgan fingerprint density at radius 3 is 2.43 bits per heavy atom. The fourth-order valence-electron chi connectivity index (χ4n) is 4.32. The van der Waals surface area contributed by atoms with Gasteiger partial charge in [-0.25, -0.2) is 27.0 Å². The molecule has 0 atom stereocenters. The van der Waals surface area contributed by atoms with Crippen LogP contribution >= 0.6 is 0 Å². The van der Waals surface area contributed by atoms with Crippen LogP contribution in [0, 0.1) is 18.6 Å². The van der Waals surface area contributed by atoms with Gasteiger partial charge in [-0.2, -0.15) is 4.98 Å². The van der Waals surface area contributed by atoms with Gasteiger partial charge in [-0.3, -0.25) is 13.9 Å². The fourth-order valence-corrected chi connectivity index (χ4v) is 5.69. The number of nitrogens with zero attached hydrogens (tertiary/aromatic N) is 4. The smallest absolute Gasteiger partial charge is 0.335 e. The number of para-hydroxylation sites is 1. The molecule has 2 aliphatic carbocycles. The van der Waals surface area contributed by atoms with E-state index in [1.165, 1.54) is 22.8 Å². The predicted molar refractivity (Wildman–Crippen MR) is 128 cm³/mol. The first-order valence-corrected chi connectivity index (χ1v) is 13.3. The molecule has 0 saturated heterocycles. The summed E-state index contributed by atoms with van der Waals surface area (Å²) in [4.78, 5) is 33.9. The first-order valence-electron chi connectivity index (χ1n) is 11.8. The molecule has 1 amide bonds. The Morgan fingerprint density at radius 2 is 1.78 bits per heavy atom. The van der Waals surface area contributed by atoms with Crippen molar-refractivity contribution in [1.82, 2.24) is 24.4 Å². The van der Waals surface area contributed by atoms with E-state index >= 15 is 0 Å². The van der Waals surface area contributed by atoms with Crippen LogP contribution in [-0.4, -0.2) is 39.5 Å². The number of sulfone groups is 1. The highest BCUT2D eigenvalue weighted by Crippen LogP contribution is 2.37. The van der Waals surface area contributed by atoms with Crippen molar-refractivity contribution in [3.63, 3.8) is 0 Å². The summed E-state index contributed by atoms with van der Waals surface area (Å²) in [6.45, 7) is 1.59. The molecule has 4 aromatic rings. The molecule has 0 aliphatic heterocycles. The zero-order valence-corrected chi connectivity index (χ0v) is 20.4. The van der Waals surface area contributed by atoms with Crippen LogP contribution in [0.25, 0.3) is 16.9 Å². The summed E-state index contributed by atoms with van der Waals surface area (Å²) >= 11 is 0. The molecule has 0 radical (unpaired) electrons. The molecule has 0 bridgehead atoms. The summed E-state index contributed by atoms with van der Waals surface area (Å²) < 4.78 is 58.5. The molecule has 2 aliphatic rings. The topological polar surface area (TPSA) is 116 Å². The zero-order chi connectivity index (χ0) is 26.1. The molecule has 2 aromatic heterocycles. The molecule has 2 heterocycles. The summed E-state index contributed by atoms with van der Waals surface area (Å²) in [7, 11) is -4.31. The van der Waals surface area contributed by atoms with Crippen molar-refractivity contribution in [1.29, 1.82) is 0 Å². The number of carbonyl (C=O) groups is 1. The average molecular weight is 526 g/mol. The Kier molecular flexibility index (Phi) is 5.26. The van der Waals surface area contributed by atoms with Crippen LogP contribution in [0.1, 0.15) is 47.6 Å². The Hall–Kier alpha value is -3.93. The van der Waals surface area contributed by atoms with E-state index in [-0.39, 0.29) is 39.6 Å². The van der Waals surface area contributed by atoms with Gasteiger partial charge in [-0.1, -0.05) is 12.1 Å². The van der Waals surface area contributed by atoms with E-state index in [0.717, 1.165) is 35.7 Å². The third-order valence-corrected chi connectivity index (χ3v) is 8.26. The lowest BCUT2D eigenvalue weighted by atomic mass is 10.1. The Bertz CT molecular complexity index is 1750. The van der Waals surface area contributed by atoms with Crippen molar-refractivity contribution in [2.45, 2.75) is 54.7 Å². The minimum Gasteiger partial charge on any atom is -0.349 e. The largest absolute Gasteiger partial charge is 0.349 e. The molecule has 1 N–H and O–H groups in total. The third-order valence-electron chi connectivity index (χ3n) is 6.56. The number of fused-ring (bicyclic) bond motifs is 1. The lowest BCUT2D eigenvalue weighted by Gasteiger charge is -2.10. The molecule has 2 saturated carbocycles. The van der Waals surface area contributed by atoms with Crippen LogP contribution < -0.4 is 11.0 Å². The third kappa shape index (κ3) is 3.91. The highest BCUT2D eigenvalue weighted by atomic mass is 32.2. The summed E-state index contributed by atoms with van der Waals surface area (Å²) in [5.74, 6) is -2.28. The molecule has 2 fully saturated rings. The van der Waals surface area contributed by atoms with Gasteiger partial charge >= 0.3 is 5.69 Å². The van der Waals surface area contributed by atoms with Crippen LogP contribution in [0.4, 0.5) is 8.78 Å². The minimum absolute atomic E-state index is 0.0193. The standard InChI is InChI=1S/C25H21F2N5O4S/c1-13-5-6-14(23(33)29-15-7-8-15)11-20(13)37(35,36)24-28-12-19-22(30-24)31(16-9-10-16)25(34)32(19)21-17(26)3-2-4-18(21)27/h2-6,11-12,15-16H,7-10H2,1H3,(H,29,33). The summed E-state index contributed by atoms with van der Waals surface area (Å²) in [5.41, 5.74) is -0.801. The second-order valence-electron chi connectivity index (χ2n) is 9.38. The lowest BCUT2D eigenvalue weighted by Crippen LogP contribution is -2.25. The molecular formula is C25H21F2N5O4S. The number of nitrogens with one attached hydrogen (secondary N) is 1. The number of rotatable bonds is 6. The summed E-state index contributed by atoms with van der Waals surface area (Å²) in [6, 6.07) is 7.43. The Balaban J connectivity index is 1.51. The predicted octanol–water partition coefficient (Wildman–Crippen LogP) is 3.23. The molecule has 0 spiro atoms. The van der Waals surface area contributed by atoms with Crippen molar-refractivity contribution in [2.24, 2.45) is 0 Å². The van der Waals surface area contributed by atoms with Gasteiger partial charge in [-0.15, -0.1) is 0 Å². The van der Waals surface area contributed by atoms with Crippen molar-refractivity contribution in [2.75, 3.05) is 0 Å². The number of aryl methyl sites for hydroxylation is 1. The average Bonchev–Trinajstić information content (AvgIpc) is 3.79. The highest BCUT2D eigenvalue weighted by Gasteiger charge is 2.33. The minimum atomic E-state index is -4.31. The number of benzene rings is 2. The molecular weight excluding hydrogens is 504 g/mol. The van der Waals surface area contributed by atoms with Crippen molar-refractivity contribution >= 4 is 26.9 Å². The molecule has 12 heteroatoms. The Labute approximate surface area is 209 Å². The van der Waals surface area contributed by atoms with E-state index in [4.69, 9.17) is 0 Å². The first kappa shape index (κ1) is 23.5. The maximum atomic E-state index is 14.6. The van der Waals surface area contributed by atoms with Crippen LogP contribution in [0.2, 0.25) is 0 Å². The van der Waals surface area contributed by atoms with Gasteiger partial charge in [0.2, 0.25) is 9.84 Å². The number of aromatic nitrogens is 4. The quantitative estimate of drug-likeness (QED) is 0.387. The van der Waals surface area contributed by atoms with Gasteiger partial charge in [0.15, 0.2) is 5.65 Å². The summed E-state index contributed by atoms with van der Waals surface area (Å²) in [6.07, 6.45) is 4.13. The van der Waals surface area contributed by atoms with Crippen molar-refractivity contribution < 1.29 is 22.0 Å². The maximum Gasteiger partial charge on any atom is 0.335 e. The van der Waals surface area contributed by atoms with Gasteiger partial charge in [0.1, 0.15) is 22.8 Å². The van der Waals surface area contributed by atoms with Gasteiger partial charge in [0.25, 0.3) is 11.1 Å². The molecule has 0 unspecified atom stereocenters. The number of hydrogen-bond acceptors (Lipinski definition) is 6. The monoisotopic (exact) mass is 525 g/mol. The van der Waals surface area contributed by atoms with Crippen LogP contribution in [0.15, 0.2) is 57.4 Å². The second kappa shape index (κ2) is 8.30. The van der Waals surface area contributed by atoms with Gasteiger partial charge in [0, 0.05) is 17.6 Å². The normalized spacial score (nSPS) is 15.8.